The fourth-order valence-corrected chi connectivity index (χ4v) is 2.98. The van der Waals surface area contributed by atoms with Crippen molar-refractivity contribution in [2.45, 2.75) is 13.0 Å². The normalized spacial score (nSPS) is 13.4. The molecule has 0 amide bonds. The Morgan fingerprint density at radius 2 is 1.67 bits per heavy atom. The molecule has 0 saturated carbocycles. The fourth-order valence-electron chi connectivity index (χ4n) is 2.98. The Morgan fingerprint density at radius 1 is 1.04 bits per heavy atom. The molecule has 1 heterocycles. The van der Waals surface area contributed by atoms with Gasteiger partial charge in [0.1, 0.15) is 5.75 Å². The lowest BCUT2D eigenvalue weighted by atomic mass is 9.90. The van der Waals surface area contributed by atoms with E-state index in [0.717, 1.165) is 25.3 Å². The van der Waals surface area contributed by atoms with Gasteiger partial charge in [-0.05, 0) is 36.2 Å². The maximum absolute atomic E-state index is 9.55. The van der Waals surface area contributed by atoms with E-state index >= 15 is 0 Å². The molecule has 142 valence electrons. The Labute approximate surface area is 158 Å². The molecule has 2 N–H and O–H groups in total. The first-order chi connectivity index (χ1) is 12.9. The number of carboxylic acids is 2. The summed E-state index contributed by atoms with van der Waals surface area (Å²) in [5.41, 5.74) is 5.37. The van der Waals surface area contributed by atoms with Crippen LogP contribution >= 0.6 is 0 Å². The van der Waals surface area contributed by atoms with E-state index in [1.807, 2.05) is 0 Å². The summed E-state index contributed by atoms with van der Waals surface area (Å²) < 4.78 is 5.58. The molecule has 0 fully saturated rings. The number of aliphatic carboxylic acids is 2. The van der Waals surface area contributed by atoms with E-state index in [0.29, 0.717) is 12.2 Å². The highest BCUT2D eigenvalue weighted by Crippen LogP contribution is 2.37. The zero-order valence-electron chi connectivity index (χ0n) is 15.4. The molecule has 0 saturated heterocycles. The lowest BCUT2D eigenvalue weighted by Crippen LogP contribution is -2.27. The summed E-state index contributed by atoms with van der Waals surface area (Å²) in [6, 6.07) is 14.9. The molecule has 0 aromatic heterocycles. The summed E-state index contributed by atoms with van der Waals surface area (Å²) in [6.07, 6.45) is 2.24. The van der Waals surface area contributed by atoms with Crippen LogP contribution in [0.1, 0.15) is 11.1 Å². The monoisotopic (exact) mass is 369 g/mol. The first-order valence-electron chi connectivity index (χ1n) is 8.49. The number of hydrogen-bond donors (Lipinski definition) is 2. The molecule has 0 spiro atoms. The molecule has 2 aromatic carbocycles. The molecule has 6 heteroatoms. The van der Waals surface area contributed by atoms with Crippen molar-refractivity contribution in [2.75, 3.05) is 20.7 Å². The smallest absolute Gasteiger partial charge is 0.328 e. The Morgan fingerprint density at radius 3 is 2.22 bits per heavy atom. The second-order valence-corrected chi connectivity index (χ2v) is 6.14. The molecule has 1 aliphatic rings. The third kappa shape index (κ3) is 5.69. The van der Waals surface area contributed by atoms with Gasteiger partial charge in [-0.25, -0.2) is 9.59 Å². The Bertz CT molecular complexity index is 814. The molecule has 0 bridgehead atoms. The van der Waals surface area contributed by atoms with Crippen molar-refractivity contribution < 1.29 is 24.5 Å². The molecule has 0 radical (unpaired) electrons. The summed E-state index contributed by atoms with van der Waals surface area (Å²) in [6.45, 7) is 2.13. The SMILES string of the molecule is COc1ccc2c(c1-c1ccccc1)CN(C)CC2.O=C(O)C=CC(=O)O. The van der Waals surface area contributed by atoms with Crippen molar-refractivity contribution >= 4 is 11.9 Å². The molecule has 0 unspecified atom stereocenters. The fraction of sp³-hybridized carbons (Fsp3) is 0.238. The summed E-state index contributed by atoms with van der Waals surface area (Å²) in [7, 11) is 3.93. The van der Waals surface area contributed by atoms with Crippen LogP contribution in [-0.2, 0) is 22.6 Å². The van der Waals surface area contributed by atoms with Gasteiger partial charge in [0.15, 0.2) is 0 Å². The molecule has 1 aliphatic heterocycles. The van der Waals surface area contributed by atoms with Crippen LogP contribution in [0.5, 0.6) is 5.75 Å². The van der Waals surface area contributed by atoms with Crippen LogP contribution in [0.2, 0.25) is 0 Å². The van der Waals surface area contributed by atoms with Crippen molar-refractivity contribution in [1.82, 2.24) is 4.90 Å². The van der Waals surface area contributed by atoms with Gasteiger partial charge in [0, 0.05) is 30.8 Å². The predicted molar refractivity (Wildman–Crippen MR) is 103 cm³/mol. The van der Waals surface area contributed by atoms with Gasteiger partial charge in [-0.1, -0.05) is 36.4 Å². The van der Waals surface area contributed by atoms with Crippen molar-refractivity contribution in [2.24, 2.45) is 0 Å². The first-order valence-corrected chi connectivity index (χ1v) is 8.49. The molecule has 6 nitrogen and oxygen atoms in total. The summed E-state index contributed by atoms with van der Waals surface area (Å²) >= 11 is 0. The van der Waals surface area contributed by atoms with Crippen LogP contribution in [0.15, 0.2) is 54.6 Å². The Hall–Kier alpha value is -3.12. The number of carboxylic acid groups (broad SMARTS) is 2. The third-order valence-corrected chi connectivity index (χ3v) is 4.21. The van der Waals surface area contributed by atoms with E-state index in [4.69, 9.17) is 14.9 Å². The van der Waals surface area contributed by atoms with Crippen LogP contribution in [-0.4, -0.2) is 47.8 Å². The van der Waals surface area contributed by atoms with Crippen molar-refractivity contribution in [3.8, 4) is 16.9 Å². The number of nitrogens with zero attached hydrogens (tertiary/aromatic N) is 1. The second-order valence-electron chi connectivity index (χ2n) is 6.14. The summed E-state index contributed by atoms with van der Waals surface area (Å²) in [4.78, 5) is 21.5. The summed E-state index contributed by atoms with van der Waals surface area (Å²) in [5.74, 6) is -1.54. The zero-order valence-corrected chi connectivity index (χ0v) is 15.4. The maximum Gasteiger partial charge on any atom is 0.328 e. The van der Waals surface area contributed by atoms with E-state index in [9.17, 15) is 9.59 Å². The van der Waals surface area contributed by atoms with Gasteiger partial charge >= 0.3 is 11.9 Å². The standard InChI is InChI=1S/C17H19NO.C4H4O4/c1-18-11-10-13-8-9-16(19-2)17(15(13)12-18)14-6-4-3-5-7-14;5-3(6)1-2-4(7)8/h3-9H,10-12H2,1-2H3;1-2H,(H,5,6)(H,7,8). The van der Waals surface area contributed by atoms with E-state index in [-0.39, 0.29) is 0 Å². The Kier molecular flexibility index (Phi) is 7.14. The molecule has 3 rings (SSSR count). The van der Waals surface area contributed by atoms with Crippen LogP contribution in [0.3, 0.4) is 0 Å². The number of benzene rings is 2. The summed E-state index contributed by atoms with van der Waals surface area (Å²) in [5, 5.41) is 15.6. The maximum atomic E-state index is 9.55. The highest BCUT2D eigenvalue weighted by molar-refractivity contribution is 5.89. The number of ether oxygens (including phenoxy) is 1. The number of hydrogen-bond acceptors (Lipinski definition) is 4. The van der Waals surface area contributed by atoms with Gasteiger partial charge in [0.2, 0.25) is 0 Å². The molecule has 27 heavy (non-hydrogen) atoms. The van der Waals surface area contributed by atoms with E-state index in [1.54, 1.807) is 7.11 Å². The minimum atomic E-state index is -1.26. The lowest BCUT2D eigenvalue weighted by Gasteiger charge is -2.28. The van der Waals surface area contributed by atoms with Gasteiger partial charge in [0.25, 0.3) is 0 Å². The highest BCUT2D eigenvalue weighted by atomic mass is 16.5. The second kappa shape index (κ2) is 9.54. The van der Waals surface area contributed by atoms with Gasteiger partial charge in [-0.2, -0.15) is 0 Å². The average Bonchev–Trinajstić information content (AvgIpc) is 2.66. The lowest BCUT2D eigenvalue weighted by molar-refractivity contribution is -0.134. The molecule has 0 aliphatic carbocycles. The van der Waals surface area contributed by atoms with Crippen LogP contribution in [0, 0.1) is 0 Å². The van der Waals surface area contributed by atoms with Gasteiger partial charge in [-0.3, -0.25) is 0 Å². The number of fused-ring (bicyclic) bond motifs is 1. The minimum Gasteiger partial charge on any atom is -0.496 e. The zero-order chi connectivity index (χ0) is 19.8. The van der Waals surface area contributed by atoms with Gasteiger partial charge in [0.05, 0.1) is 7.11 Å². The number of likely N-dealkylation sites (N-methyl/N-ethyl adjacent to an activating group) is 1. The van der Waals surface area contributed by atoms with E-state index in [2.05, 4.69) is 54.4 Å². The number of carbonyl (C=O) groups is 2. The van der Waals surface area contributed by atoms with Crippen LogP contribution in [0.25, 0.3) is 11.1 Å². The number of rotatable bonds is 4. The largest absolute Gasteiger partial charge is 0.496 e. The molecular weight excluding hydrogens is 346 g/mol. The van der Waals surface area contributed by atoms with E-state index in [1.165, 1.54) is 22.3 Å². The van der Waals surface area contributed by atoms with Crippen LogP contribution in [0.4, 0.5) is 0 Å². The van der Waals surface area contributed by atoms with Gasteiger partial charge in [-0.15, -0.1) is 0 Å². The van der Waals surface area contributed by atoms with Crippen molar-refractivity contribution in [3.63, 3.8) is 0 Å². The van der Waals surface area contributed by atoms with Crippen molar-refractivity contribution in [1.29, 1.82) is 0 Å². The average molecular weight is 369 g/mol. The number of methoxy groups -OCH3 is 1. The Balaban J connectivity index is 0.000000279. The first kappa shape index (κ1) is 20.2. The van der Waals surface area contributed by atoms with E-state index < -0.39 is 11.9 Å². The highest BCUT2D eigenvalue weighted by Gasteiger charge is 2.20. The third-order valence-electron chi connectivity index (χ3n) is 4.21. The van der Waals surface area contributed by atoms with Crippen molar-refractivity contribution in [3.05, 3.63) is 65.7 Å². The molecule has 2 aromatic rings. The quantitative estimate of drug-likeness (QED) is 0.806. The predicted octanol–water partition coefficient (Wildman–Crippen LogP) is 3.06. The van der Waals surface area contributed by atoms with Crippen LogP contribution < -0.4 is 4.74 Å². The molecular formula is C21H23NO5. The van der Waals surface area contributed by atoms with Gasteiger partial charge < -0.3 is 19.8 Å². The molecule has 0 atom stereocenters. The minimum absolute atomic E-state index is 0.558. The topological polar surface area (TPSA) is 87.1 Å².